The molecule has 2 aromatic rings. The van der Waals surface area contributed by atoms with Crippen LogP contribution in [-0.4, -0.2) is 53.7 Å². The Morgan fingerprint density at radius 1 is 1.06 bits per heavy atom. The third-order valence-electron chi connectivity index (χ3n) is 6.86. The first-order chi connectivity index (χ1) is 15.9. The Balaban J connectivity index is 1.31. The maximum absolute atomic E-state index is 12.6. The fourth-order valence-electron chi connectivity index (χ4n) is 4.69. The Kier molecular flexibility index (Phi) is 6.67. The molecule has 0 spiro atoms. The summed E-state index contributed by atoms with van der Waals surface area (Å²) in [5.74, 6) is -1.11. The van der Waals surface area contributed by atoms with Crippen molar-refractivity contribution in [2.75, 3.05) is 19.7 Å². The molecule has 174 valence electrons. The lowest BCUT2D eigenvalue weighted by molar-refractivity contribution is -0.157. The Hall–Kier alpha value is -3.35. The summed E-state index contributed by atoms with van der Waals surface area (Å²) in [5.41, 5.74) is 4.65. The molecule has 7 nitrogen and oxygen atoms in total. The van der Waals surface area contributed by atoms with E-state index < -0.39 is 18.1 Å². The predicted molar refractivity (Wildman–Crippen MR) is 124 cm³/mol. The van der Waals surface area contributed by atoms with Crippen LogP contribution in [0, 0.1) is 11.8 Å². The Labute approximate surface area is 193 Å². The molecular formula is C26H30N2O5. The standard InChI is InChI=1S/C26H30N2O5/c1-16(2)17(13-24(29)28-12-11-23(28)25(30)31)14-27-26(32)33-15-22-20-9-5-3-7-18(20)19-8-4-6-10-21(19)22/h3-10,16-17,22-23H,11-15H2,1-2H3,(H,27,32)(H,30,31). The minimum absolute atomic E-state index is 0.00927. The summed E-state index contributed by atoms with van der Waals surface area (Å²) >= 11 is 0. The average Bonchev–Trinajstić information content (AvgIpc) is 3.07. The maximum Gasteiger partial charge on any atom is 0.407 e. The van der Waals surface area contributed by atoms with Gasteiger partial charge in [0.1, 0.15) is 12.6 Å². The molecule has 2 amide bonds. The minimum atomic E-state index is -0.965. The number of ether oxygens (including phenoxy) is 1. The molecule has 0 aromatic heterocycles. The molecule has 1 saturated heterocycles. The number of nitrogens with zero attached hydrogens (tertiary/aromatic N) is 1. The van der Waals surface area contributed by atoms with Gasteiger partial charge in [0, 0.05) is 25.4 Å². The van der Waals surface area contributed by atoms with Crippen LogP contribution in [0.2, 0.25) is 0 Å². The summed E-state index contributed by atoms with van der Waals surface area (Å²) in [4.78, 5) is 37.6. The Morgan fingerprint density at radius 3 is 2.18 bits per heavy atom. The lowest BCUT2D eigenvalue weighted by Crippen LogP contribution is -2.55. The third-order valence-corrected chi connectivity index (χ3v) is 6.86. The number of carbonyl (C=O) groups excluding carboxylic acids is 2. The highest BCUT2D eigenvalue weighted by atomic mass is 16.5. The van der Waals surface area contributed by atoms with Crippen LogP contribution in [0.15, 0.2) is 48.5 Å². The molecular weight excluding hydrogens is 420 g/mol. The van der Waals surface area contributed by atoms with E-state index in [2.05, 4.69) is 29.6 Å². The van der Waals surface area contributed by atoms with Gasteiger partial charge in [-0.25, -0.2) is 9.59 Å². The van der Waals surface area contributed by atoms with Crippen molar-refractivity contribution in [2.24, 2.45) is 11.8 Å². The van der Waals surface area contributed by atoms with Crippen LogP contribution in [0.5, 0.6) is 0 Å². The number of alkyl carbamates (subject to hydrolysis) is 1. The SMILES string of the molecule is CC(C)C(CNC(=O)OCC1c2ccccc2-c2ccccc21)CC(=O)N1CCC1C(=O)O. The van der Waals surface area contributed by atoms with Crippen molar-refractivity contribution >= 4 is 18.0 Å². The number of hydrogen-bond acceptors (Lipinski definition) is 4. The van der Waals surface area contributed by atoms with Crippen molar-refractivity contribution in [3.63, 3.8) is 0 Å². The fourth-order valence-corrected chi connectivity index (χ4v) is 4.69. The van der Waals surface area contributed by atoms with Crippen molar-refractivity contribution in [3.8, 4) is 11.1 Å². The molecule has 1 aliphatic heterocycles. The number of carbonyl (C=O) groups is 3. The van der Waals surface area contributed by atoms with Gasteiger partial charge in [0.15, 0.2) is 0 Å². The number of aliphatic carboxylic acids is 1. The van der Waals surface area contributed by atoms with Crippen LogP contribution in [0.3, 0.4) is 0 Å². The van der Waals surface area contributed by atoms with Gasteiger partial charge in [0.25, 0.3) is 0 Å². The smallest absolute Gasteiger partial charge is 0.407 e. The van der Waals surface area contributed by atoms with E-state index in [1.807, 2.05) is 38.1 Å². The molecule has 1 heterocycles. The molecule has 33 heavy (non-hydrogen) atoms. The number of likely N-dealkylation sites (tertiary alicyclic amines) is 1. The van der Waals surface area contributed by atoms with E-state index >= 15 is 0 Å². The van der Waals surface area contributed by atoms with E-state index in [-0.39, 0.29) is 36.7 Å². The van der Waals surface area contributed by atoms with Crippen LogP contribution < -0.4 is 5.32 Å². The number of amides is 2. The van der Waals surface area contributed by atoms with Crippen LogP contribution >= 0.6 is 0 Å². The zero-order valence-electron chi connectivity index (χ0n) is 19.0. The largest absolute Gasteiger partial charge is 0.480 e. The maximum atomic E-state index is 12.6. The topological polar surface area (TPSA) is 95.9 Å². The van der Waals surface area contributed by atoms with Crippen molar-refractivity contribution in [1.29, 1.82) is 0 Å². The van der Waals surface area contributed by atoms with Gasteiger partial charge >= 0.3 is 12.1 Å². The summed E-state index contributed by atoms with van der Waals surface area (Å²) < 4.78 is 5.58. The van der Waals surface area contributed by atoms with Gasteiger partial charge in [-0.1, -0.05) is 62.4 Å². The number of benzene rings is 2. The number of carboxylic acid groups (broad SMARTS) is 1. The minimum Gasteiger partial charge on any atom is -0.480 e. The first kappa shape index (κ1) is 22.8. The highest BCUT2D eigenvalue weighted by Crippen LogP contribution is 2.44. The summed E-state index contributed by atoms with van der Waals surface area (Å²) in [6.45, 7) is 4.98. The number of carboxylic acids is 1. The molecule has 1 aliphatic carbocycles. The zero-order chi connectivity index (χ0) is 23.5. The molecule has 2 aromatic carbocycles. The Bertz CT molecular complexity index is 1000. The molecule has 2 N–H and O–H groups in total. The number of rotatable bonds is 8. The molecule has 0 saturated carbocycles. The van der Waals surface area contributed by atoms with Gasteiger partial charge < -0.3 is 20.1 Å². The third kappa shape index (κ3) is 4.72. The normalized spacial score (nSPS) is 17.7. The summed E-state index contributed by atoms with van der Waals surface area (Å²) in [6.07, 6.45) is 0.179. The molecule has 1 fully saturated rings. The lowest BCUT2D eigenvalue weighted by Gasteiger charge is -2.39. The number of hydrogen-bond donors (Lipinski definition) is 2. The van der Waals surface area contributed by atoms with Crippen LogP contribution in [0.4, 0.5) is 4.79 Å². The first-order valence-electron chi connectivity index (χ1n) is 11.5. The number of fused-ring (bicyclic) bond motifs is 3. The van der Waals surface area contributed by atoms with Gasteiger partial charge in [-0.15, -0.1) is 0 Å². The second kappa shape index (κ2) is 9.65. The first-order valence-corrected chi connectivity index (χ1v) is 11.5. The van der Waals surface area contributed by atoms with Crippen molar-refractivity contribution < 1.29 is 24.2 Å². The van der Waals surface area contributed by atoms with Crippen LogP contribution in [0.25, 0.3) is 11.1 Å². The van der Waals surface area contributed by atoms with E-state index in [1.165, 1.54) is 16.0 Å². The monoisotopic (exact) mass is 450 g/mol. The second-order valence-electron chi connectivity index (χ2n) is 9.14. The van der Waals surface area contributed by atoms with E-state index in [9.17, 15) is 19.5 Å². The molecule has 2 atom stereocenters. The summed E-state index contributed by atoms with van der Waals surface area (Å²) in [7, 11) is 0. The fraction of sp³-hybridized carbons (Fsp3) is 0.423. The zero-order valence-corrected chi connectivity index (χ0v) is 19.0. The molecule has 4 rings (SSSR count). The van der Waals surface area contributed by atoms with E-state index in [4.69, 9.17) is 4.74 Å². The van der Waals surface area contributed by atoms with Gasteiger partial charge in [0.2, 0.25) is 5.91 Å². The van der Waals surface area contributed by atoms with Crippen molar-refractivity contribution in [2.45, 2.75) is 38.6 Å². The van der Waals surface area contributed by atoms with Gasteiger partial charge in [-0.05, 0) is 40.5 Å². The van der Waals surface area contributed by atoms with Crippen molar-refractivity contribution in [3.05, 3.63) is 59.7 Å². The van der Waals surface area contributed by atoms with E-state index in [1.54, 1.807) is 0 Å². The molecule has 0 bridgehead atoms. The molecule has 2 aliphatic rings. The quantitative estimate of drug-likeness (QED) is 0.637. The average molecular weight is 451 g/mol. The molecule has 0 radical (unpaired) electrons. The molecule has 2 unspecified atom stereocenters. The highest BCUT2D eigenvalue weighted by molar-refractivity contribution is 5.85. The Morgan fingerprint density at radius 2 is 1.67 bits per heavy atom. The van der Waals surface area contributed by atoms with Crippen LogP contribution in [-0.2, 0) is 14.3 Å². The lowest BCUT2D eigenvalue weighted by atomic mass is 9.90. The van der Waals surface area contributed by atoms with Crippen molar-refractivity contribution in [1.82, 2.24) is 10.2 Å². The highest BCUT2D eigenvalue weighted by Gasteiger charge is 2.38. The number of nitrogens with one attached hydrogen (secondary N) is 1. The van der Waals surface area contributed by atoms with Crippen LogP contribution in [0.1, 0.15) is 43.7 Å². The molecule has 7 heteroatoms. The van der Waals surface area contributed by atoms with Gasteiger partial charge in [-0.3, -0.25) is 4.79 Å². The van der Waals surface area contributed by atoms with E-state index in [0.29, 0.717) is 19.5 Å². The second-order valence-corrected chi connectivity index (χ2v) is 9.14. The summed E-state index contributed by atoms with van der Waals surface area (Å²) in [5, 5.41) is 12.0. The summed E-state index contributed by atoms with van der Waals surface area (Å²) in [6, 6.07) is 15.6. The van der Waals surface area contributed by atoms with Gasteiger partial charge in [0.05, 0.1) is 0 Å². The predicted octanol–water partition coefficient (Wildman–Crippen LogP) is 3.87. The van der Waals surface area contributed by atoms with E-state index in [0.717, 1.165) is 11.1 Å². The van der Waals surface area contributed by atoms with Gasteiger partial charge in [-0.2, -0.15) is 0 Å².